The van der Waals surface area contributed by atoms with E-state index in [0.717, 1.165) is 18.2 Å². The summed E-state index contributed by atoms with van der Waals surface area (Å²) in [4.78, 5) is 12.0. The third kappa shape index (κ3) is 4.80. The highest BCUT2D eigenvalue weighted by Crippen LogP contribution is 2.37. The number of primary amides is 1. The summed E-state index contributed by atoms with van der Waals surface area (Å²) < 4.78 is 42.4. The van der Waals surface area contributed by atoms with Crippen molar-refractivity contribution in [3.63, 3.8) is 0 Å². The van der Waals surface area contributed by atoms with Crippen LogP contribution >= 0.6 is 0 Å². The number of hydrogen-bond acceptors (Lipinski definition) is 5. The van der Waals surface area contributed by atoms with E-state index in [-0.39, 0.29) is 35.5 Å². The summed E-state index contributed by atoms with van der Waals surface area (Å²) in [7, 11) is 0. The van der Waals surface area contributed by atoms with E-state index in [9.17, 15) is 18.0 Å². The average molecular weight is 458 g/mol. The monoisotopic (exact) mass is 458 g/mol. The van der Waals surface area contributed by atoms with Crippen LogP contribution in [0.3, 0.4) is 0 Å². The zero-order chi connectivity index (χ0) is 23.6. The maximum absolute atomic E-state index is 14.0. The van der Waals surface area contributed by atoms with Gasteiger partial charge in [0.25, 0.3) is 5.91 Å². The maximum atomic E-state index is 14.0. The average Bonchev–Trinajstić information content (AvgIpc) is 3.23. The molecule has 0 aliphatic heterocycles. The summed E-state index contributed by atoms with van der Waals surface area (Å²) in [5, 5.41) is 10.6. The standard InChI is InChI=1S/C23H25F3N6O/c24-14-1-4-16(5-2-14)30-22-18(21(28)33)12-32(31-22)23(13-27)9-7-17(8-10-23)29-20-11-15(25)3-6-19(20)26/h1-6,11-12,17,29H,7-10,13,27H2,(H2,28,33)(H,30,31). The molecule has 3 aromatic rings. The molecule has 7 nitrogen and oxygen atoms in total. The molecule has 33 heavy (non-hydrogen) atoms. The van der Waals surface area contributed by atoms with Gasteiger partial charge in [0.2, 0.25) is 0 Å². The lowest BCUT2D eigenvalue weighted by molar-refractivity contribution is 0.100. The Morgan fingerprint density at radius 1 is 1.09 bits per heavy atom. The number of aromatic nitrogens is 2. The van der Waals surface area contributed by atoms with E-state index in [0.29, 0.717) is 31.4 Å². The highest BCUT2D eigenvalue weighted by molar-refractivity contribution is 5.98. The van der Waals surface area contributed by atoms with Gasteiger partial charge in [0.05, 0.1) is 11.2 Å². The molecule has 1 aliphatic carbocycles. The van der Waals surface area contributed by atoms with Crippen molar-refractivity contribution >= 4 is 23.1 Å². The van der Waals surface area contributed by atoms with Crippen molar-refractivity contribution in [1.29, 1.82) is 0 Å². The van der Waals surface area contributed by atoms with Crippen LogP contribution in [0.1, 0.15) is 36.0 Å². The molecule has 1 amide bonds. The van der Waals surface area contributed by atoms with Crippen LogP contribution in [0.15, 0.2) is 48.7 Å². The van der Waals surface area contributed by atoms with Crippen molar-refractivity contribution in [3.05, 3.63) is 71.7 Å². The third-order valence-electron chi connectivity index (χ3n) is 6.16. The summed E-state index contributed by atoms with van der Waals surface area (Å²) in [5.74, 6) is -1.81. The van der Waals surface area contributed by atoms with Gasteiger partial charge < -0.3 is 22.1 Å². The van der Waals surface area contributed by atoms with Gasteiger partial charge >= 0.3 is 0 Å². The first-order valence-corrected chi connectivity index (χ1v) is 10.6. The molecule has 0 bridgehead atoms. The predicted molar refractivity (Wildman–Crippen MR) is 120 cm³/mol. The second kappa shape index (κ2) is 9.14. The number of amides is 1. The Hall–Kier alpha value is -3.53. The van der Waals surface area contributed by atoms with E-state index >= 15 is 0 Å². The summed E-state index contributed by atoms with van der Waals surface area (Å²) in [6, 6.07) is 8.88. The molecule has 10 heteroatoms. The lowest BCUT2D eigenvalue weighted by Gasteiger charge is -2.40. The van der Waals surface area contributed by atoms with Crippen molar-refractivity contribution in [2.75, 3.05) is 17.2 Å². The Kier molecular flexibility index (Phi) is 6.28. The second-order valence-corrected chi connectivity index (χ2v) is 8.30. The number of anilines is 3. The Morgan fingerprint density at radius 3 is 2.39 bits per heavy atom. The fourth-order valence-corrected chi connectivity index (χ4v) is 4.21. The molecule has 0 radical (unpaired) electrons. The number of carbonyl (C=O) groups is 1. The molecule has 2 aromatic carbocycles. The molecule has 1 aromatic heterocycles. The maximum Gasteiger partial charge on any atom is 0.254 e. The van der Waals surface area contributed by atoms with E-state index in [1.165, 1.54) is 24.3 Å². The Balaban J connectivity index is 1.53. The molecule has 4 rings (SSSR count). The van der Waals surface area contributed by atoms with Gasteiger partial charge in [-0.05, 0) is 68.1 Å². The summed E-state index contributed by atoms with van der Waals surface area (Å²) in [6.07, 6.45) is 4.06. The second-order valence-electron chi connectivity index (χ2n) is 8.30. The number of nitrogens with two attached hydrogens (primary N) is 2. The van der Waals surface area contributed by atoms with Gasteiger partial charge in [-0.25, -0.2) is 13.2 Å². The van der Waals surface area contributed by atoms with E-state index in [4.69, 9.17) is 11.5 Å². The van der Waals surface area contributed by atoms with E-state index in [2.05, 4.69) is 15.7 Å². The van der Waals surface area contributed by atoms with Crippen LogP contribution in [-0.2, 0) is 5.54 Å². The third-order valence-corrected chi connectivity index (χ3v) is 6.16. The predicted octanol–water partition coefficient (Wildman–Crippen LogP) is 3.85. The summed E-state index contributed by atoms with van der Waals surface area (Å²) >= 11 is 0. The zero-order valence-electron chi connectivity index (χ0n) is 17.8. The number of rotatable bonds is 7. The molecule has 0 spiro atoms. The molecular weight excluding hydrogens is 433 g/mol. The highest BCUT2D eigenvalue weighted by Gasteiger charge is 2.38. The van der Waals surface area contributed by atoms with Gasteiger partial charge in [-0.3, -0.25) is 9.48 Å². The van der Waals surface area contributed by atoms with Crippen LogP contribution in [0.2, 0.25) is 0 Å². The van der Waals surface area contributed by atoms with Gasteiger partial charge in [-0.2, -0.15) is 5.10 Å². The topological polar surface area (TPSA) is 111 Å². The summed E-state index contributed by atoms with van der Waals surface area (Å²) in [5.41, 5.74) is 12.0. The van der Waals surface area contributed by atoms with Gasteiger partial charge in [0.15, 0.2) is 5.82 Å². The molecule has 174 valence electrons. The van der Waals surface area contributed by atoms with Crippen molar-refractivity contribution in [2.24, 2.45) is 11.5 Å². The van der Waals surface area contributed by atoms with Gasteiger partial charge in [0.1, 0.15) is 23.0 Å². The first kappa shape index (κ1) is 22.7. The minimum absolute atomic E-state index is 0.0658. The van der Waals surface area contributed by atoms with Crippen LogP contribution in [0, 0.1) is 17.5 Å². The Bertz CT molecular complexity index is 1140. The van der Waals surface area contributed by atoms with Crippen molar-refractivity contribution in [2.45, 2.75) is 37.3 Å². The van der Waals surface area contributed by atoms with Crippen LogP contribution in [0.5, 0.6) is 0 Å². The SMILES string of the molecule is NCC1(n2cc(C(N)=O)c(Nc3ccc(F)cc3)n2)CCC(Nc2cc(F)ccc2F)CC1. The van der Waals surface area contributed by atoms with Crippen molar-refractivity contribution < 1.29 is 18.0 Å². The Morgan fingerprint density at radius 2 is 1.76 bits per heavy atom. The highest BCUT2D eigenvalue weighted by atomic mass is 19.1. The van der Waals surface area contributed by atoms with Crippen molar-refractivity contribution in [1.82, 2.24) is 9.78 Å². The van der Waals surface area contributed by atoms with Gasteiger partial charge in [0, 0.05) is 24.5 Å². The lowest BCUT2D eigenvalue weighted by atomic mass is 9.79. The van der Waals surface area contributed by atoms with E-state index in [1.54, 1.807) is 10.9 Å². The van der Waals surface area contributed by atoms with E-state index < -0.39 is 23.1 Å². The first-order valence-electron chi connectivity index (χ1n) is 10.6. The molecule has 1 saturated carbocycles. The number of nitrogens with one attached hydrogen (secondary N) is 2. The molecule has 0 saturated heterocycles. The molecular formula is C23H25F3N6O. The number of carbonyl (C=O) groups excluding carboxylic acids is 1. The minimum Gasteiger partial charge on any atom is -0.380 e. The number of hydrogen-bond donors (Lipinski definition) is 4. The van der Waals surface area contributed by atoms with Gasteiger partial charge in [-0.15, -0.1) is 0 Å². The molecule has 1 aliphatic rings. The zero-order valence-corrected chi connectivity index (χ0v) is 17.8. The molecule has 1 heterocycles. The quantitative estimate of drug-likeness (QED) is 0.430. The molecule has 1 fully saturated rings. The summed E-state index contributed by atoms with van der Waals surface area (Å²) in [6.45, 7) is 0.268. The number of nitrogens with zero attached hydrogens (tertiary/aromatic N) is 2. The van der Waals surface area contributed by atoms with Crippen LogP contribution < -0.4 is 22.1 Å². The fourth-order valence-electron chi connectivity index (χ4n) is 4.21. The number of halogens is 3. The molecule has 0 unspecified atom stereocenters. The normalized spacial score (nSPS) is 20.4. The molecule has 0 atom stereocenters. The van der Waals surface area contributed by atoms with Crippen LogP contribution in [0.4, 0.5) is 30.4 Å². The minimum atomic E-state index is -0.657. The van der Waals surface area contributed by atoms with E-state index in [1.807, 2.05) is 0 Å². The number of benzene rings is 2. The van der Waals surface area contributed by atoms with Crippen LogP contribution in [-0.4, -0.2) is 28.3 Å². The van der Waals surface area contributed by atoms with Gasteiger partial charge in [-0.1, -0.05) is 0 Å². The smallest absolute Gasteiger partial charge is 0.254 e. The fraction of sp³-hybridized carbons (Fsp3) is 0.304. The first-order chi connectivity index (χ1) is 15.8. The lowest BCUT2D eigenvalue weighted by Crippen LogP contribution is -2.46. The molecule has 6 N–H and O–H groups in total. The van der Waals surface area contributed by atoms with Crippen LogP contribution in [0.25, 0.3) is 0 Å². The van der Waals surface area contributed by atoms with Crippen molar-refractivity contribution in [3.8, 4) is 0 Å². The largest absolute Gasteiger partial charge is 0.380 e. The Labute approximate surface area is 189 Å².